The molecule has 6 heteroatoms. The first kappa shape index (κ1) is 19.8. The molecule has 3 aromatic rings. The van der Waals surface area contributed by atoms with Crippen molar-refractivity contribution in [2.75, 3.05) is 13.1 Å². The van der Waals surface area contributed by atoms with Crippen molar-refractivity contribution in [3.8, 4) is 6.07 Å². The summed E-state index contributed by atoms with van der Waals surface area (Å²) >= 11 is 3.30. The highest BCUT2D eigenvalue weighted by atomic mass is 32.1. The van der Waals surface area contributed by atoms with Crippen molar-refractivity contribution in [3.05, 3.63) is 109 Å². The van der Waals surface area contributed by atoms with E-state index in [1.54, 1.807) is 22.7 Å². The molecule has 1 atom stereocenters. The highest BCUT2D eigenvalue weighted by Crippen LogP contribution is 2.44. The van der Waals surface area contributed by atoms with Gasteiger partial charge in [0.25, 0.3) is 0 Å². The van der Waals surface area contributed by atoms with Crippen molar-refractivity contribution in [1.82, 2.24) is 4.90 Å². The van der Waals surface area contributed by atoms with Gasteiger partial charge in [-0.05, 0) is 62.0 Å². The Balaban J connectivity index is 1.60. The Bertz CT molecular complexity index is 1200. The van der Waals surface area contributed by atoms with Crippen molar-refractivity contribution in [3.63, 3.8) is 0 Å². The largest absolute Gasteiger partial charge is 0.440 e. The monoisotopic (exact) mass is 443 g/mol. The number of rotatable bonds is 4. The minimum absolute atomic E-state index is 0.176. The van der Waals surface area contributed by atoms with Crippen molar-refractivity contribution >= 4 is 28.7 Å². The Morgan fingerprint density at radius 1 is 1.10 bits per heavy atom. The average Bonchev–Trinajstić information content (AvgIpc) is 3.48. The van der Waals surface area contributed by atoms with E-state index in [-0.39, 0.29) is 11.8 Å². The lowest BCUT2D eigenvalue weighted by molar-refractivity contribution is 0.230. The summed E-state index contributed by atoms with van der Waals surface area (Å²) in [5.41, 5.74) is 12.5. The topological polar surface area (TPSA) is 62.3 Å². The third-order valence-electron chi connectivity index (χ3n) is 5.62. The highest BCUT2D eigenvalue weighted by Gasteiger charge is 2.37. The summed E-state index contributed by atoms with van der Waals surface area (Å²) in [5, 5.41) is 18.2. The first-order valence-electron chi connectivity index (χ1n) is 10.0. The predicted octanol–water partition coefficient (Wildman–Crippen LogP) is 5.47. The molecule has 2 N–H and O–H groups in total. The summed E-state index contributed by atoms with van der Waals surface area (Å²) < 4.78 is 6.11. The Morgan fingerprint density at radius 3 is 2.61 bits per heavy atom. The van der Waals surface area contributed by atoms with E-state index in [1.165, 1.54) is 5.56 Å². The van der Waals surface area contributed by atoms with Gasteiger partial charge in [0, 0.05) is 25.2 Å². The van der Waals surface area contributed by atoms with Gasteiger partial charge in [-0.2, -0.15) is 27.9 Å². The van der Waals surface area contributed by atoms with Crippen molar-refractivity contribution < 1.29 is 4.74 Å². The molecule has 4 nitrogen and oxygen atoms in total. The van der Waals surface area contributed by atoms with Crippen LogP contribution in [0.5, 0.6) is 0 Å². The molecule has 1 unspecified atom stereocenters. The second-order valence-corrected chi connectivity index (χ2v) is 9.25. The molecule has 154 valence electrons. The van der Waals surface area contributed by atoms with Crippen LogP contribution < -0.4 is 5.73 Å². The zero-order chi connectivity index (χ0) is 21.2. The van der Waals surface area contributed by atoms with Gasteiger partial charge in [0.05, 0.1) is 5.92 Å². The fraction of sp³-hybridized carbons (Fsp3) is 0.160. The lowest BCUT2D eigenvalue weighted by Gasteiger charge is -2.38. The number of hydrogen-bond donors (Lipinski definition) is 1. The van der Waals surface area contributed by atoms with Crippen LogP contribution in [0.25, 0.3) is 6.08 Å². The van der Waals surface area contributed by atoms with Crippen molar-refractivity contribution in [2.24, 2.45) is 5.73 Å². The standard InChI is InChI=1S/C25H21N3OS2/c26-11-21-23(19-7-9-31-16-19)22-14-28(12-17-4-2-1-3-5-17)13-20(24(22)29-25(21)27)10-18-6-8-30-15-18/h1-10,15-16,23H,12-14,27H2/b20-10-. The second kappa shape index (κ2) is 8.56. The van der Waals surface area contributed by atoms with Crippen LogP contribution in [0.3, 0.4) is 0 Å². The summed E-state index contributed by atoms with van der Waals surface area (Å²) in [4.78, 5) is 2.41. The first-order chi connectivity index (χ1) is 15.2. The molecule has 2 aromatic heterocycles. The maximum Gasteiger partial charge on any atom is 0.205 e. The number of thiophene rings is 2. The fourth-order valence-corrected chi connectivity index (χ4v) is 5.58. The molecule has 0 spiro atoms. The average molecular weight is 444 g/mol. The van der Waals surface area contributed by atoms with E-state index in [2.05, 4.69) is 69.6 Å². The third-order valence-corrected chi connectivity index (χ3v) is 7.02. The van der Waals surface area contributed by atoms with Gasteiger partial charge in [-0.3, -0.25) is 4.90 Å². The van der Waals surface area contributed by atoms with Gasteiger partial charge in [0.15, 0.2) is 0 Å². The summed E-state index contributed by atoms with van der Waals surface area (Å²) in [7, 11) is 0. The van der Waals surface area contributed by atoms with Crippen LogP contribution in [-0.2, 0) is 11.3 Å². The van der Waals surface area contributed by atoms with Gasteiger partial charge < -0.3 is 10.5 Å². The van der Waals surface area contributed by atoms with E-state index < -0.39 is 0 Å². The van der Waals surface area contributed by atoms with Crippen molar-refractivity contribution in [2.45, 2.75) is 12.5 Å². The lowest BCUT2D eigenvalue weighted by atomic mass is 9.81. The van der Waals surface area contributed by atoms with E-state index in [4.69, 9.17) is 10.5 Å². The molecule has 0 saturated heterocycles. The molecule has 0 amide bonds. The quantitative estimate of drug-likeness (QED) is 0.581. The molecule has 1 aromatic carbocycles. The minimum atomic E-state index is -0.176. The molecule has 0 fully saturated rings. The molecule has 2 aliphatic rings. The number of ether oxygens (including phenoxy) is 1. The van der Waals surface area contributed by atoms with E-state index in [0.717, 1.165) is 47.7 Å². The van der Waals surface area contributed by atoms with Crippen LogP contribution in [0.2, 0.25) is 0 Å². The third kappa shape index (κ3) is 3.96. The zero-order valence-electron chi connectivity index (χ0n) is 16.8. The fourth-order valence-electron chi connectivity index (χ4n) is 4.27. The number of nitriles is 1. The summed E-state index contributed by atoms with van der Waals surface area (Å²) in [6, 6.07) is 17.0. The normalized spacial score (nSPS) is 20.5. The van der Waals surface area contributed by atoms with Crippen LogP contribution in [0, 0.1) is 11.3 Å². The first-order valence-corrected chi connectivity index (χ1v) is 11.9. The molecular formula is C25H21N3OS2. The summed E-state index contributed by atoms with van der Waals surface area (Å²) in [5.74, 6) is 0.859. The van der Waals surface area contributed by atoms with Gasteiger partial charge in [-0.25, -0.2) is 0 Å². The minimum Gasteiger partial charge on any atom is -0.440 e. The lowest BCUT2D eigenvalue weighted by Crippen LogP contribution is -2.37. The summed E-state index contributed by atoms with van der Waals surface area (Å²) in [6.45, 7) is 2.31. The maximum atomic E-state index is 9.88. The molecule has 0 radical (unpaired) electrons. The Kier molecular flexibility index (Phi) is 5.47. The van der Waals surface area contributed by atoms with E-state index in [9.17, 15) is 5.26 Å². The Morgan fingerprint density at radius 2 is 1.90 bits per heavy atom. The van der Waals surface area contributed by atoms with Gasteiger partial charge in [-0.15, -0.1) is 0 Å². The van der Waals surface area contributed by atoms with Crippen molar-refractivity contribution in [1.29, 1.82) is 5.26 Å². The summed E-state index contributed by atoms with van der Waals surface area (Å²) in [6.07, 6.45) is 2.18. The van der Waals surface area contributed by atoms with Gasteiger partial charge in [0.2, 0.25) is 5.88 Å². The molecule has 0 aliphatic carbocycles. The van der Waals surface area contributed by atoms with E-state index >= 15 is 0 Å². The molecular weight excluding hydrogens is 422 g/mol. The smallest absolute Gasteiger partial charge is 0.205 e. The number of nitrogens with two attached hydrogens (primary N) is 1. The molecule has 4 heterocycles. The van der Waals surface area contributed by atoms with Crippen LogP contribution in [0.1, 0.15) is 22.6 Å². The number of hydrogen-bond acceptors (Lipinski definition) is 6. The van der Waals surface area contributed by atoms with Crippen LogP contribution in [-0.4, -0.2) is 18.0 Å². The molecule has 31 heavy (non-hydrogen) atoms. The van der Waals surface area contributed by atoms with Gasteiger partial charge >= 0.3 is 0 Å². The zero-order valence-corrected chi connectivity index (χ0v) is 18.5. The molecule has 0 saturated carbocycles. The van der Waals surface area contributed by atoms with E-state index in [0.29, 0.717) is 5.57 Å². The van der Waals surface area contributed by atoms with Crippen LogP contribution in [0.15, 0.2) is 92.3 Å². The Labute approximate surface area is 189 Å². The number of allylic oxidation sites excluding steroid dienone is 1. The van der Waals surface area contributed by atoms with Gasteiger partial charge in [0.1, 0.15) is 17.4 Å². The molecule has 0 bridgehead atoms. The predicted molar refractivity (Wildman–Crippen MR) is 126 cm³/mol. The maximum absolute atomic E-state index is 9.88. The van der Waals surface area contributed by atoms with Crippen LogP contribution >= 0.6 is 22.7 Å². The molecule has 2 aliphatic heterocycles. The van der Waals surface area contributed by atoms with Crippen LogP contribution in [0.4, 0.5) is 0 Å². The SMILES string of the molecule is N#CC1=C(N)OC2=C(CN(Cc3ccccc3)C/C2=C/c2ccsc2)C1c1ccsc1. The van der Waals surface area contributed by atoms with Gasteiger partial charge in [-0.1, -0.05) is 30.3 Å². The molecule has 5 rings (SSSR count). The second-order valence-electron chi connectivity index (χ2n) is 7.69. The highest BCUT2D eigenvalue weighted by molar-refractivity contribution is 7.08. The number of benzene rings is 1. The number of nitrogens with zero attached hydrogens (tertiary/aromatic N) is 2. The van der Waals surface area contributed by atoms with E-state index in [1.807, 2.05) is 11.4 Å². The Hall–Kier alpha value is -3.11.